The average Bonchev–Trinajstić information content (AvgIpc) is 2.75. The van der Waals surface area contributed by atoms with Crippen LogP contribution in [0.25, 0.3) is 0 Å². The molecule has 22 heavy (non-hydrogen) atoms. The van der Waals surface area contributed by atoms with Crippen LogP contribution in [0.1, 0.15) is 24.5 Å². The van der Waals surface area contributed by atoms with Gasteiger partial charge in [0.05, 0.1) is 23.3 Å². The molecule has 0 aromatic heterocycles. The normalized spacial score (nSPS) is 18.0. The van der Waals surface area contributed by atoms with E-state index in [1.165, 1.54) is 16.7 Å². The first-order valence-electron chi connectivity index (χ1n) is 7.16. The summed E-state index contributed by atoms with van der Waals surface area (Å²) in [6, 6.07) is 5.55. The quantitative estimate of drug-likeness (QED) is 0.615. The summed E-state index contributed by atoms with van der Waals surface area (Å²) < 4.78 is 4.84. The monoisotopic (exact) mass is 321 g/mol. The standard InChI is InChI=1S/C16H19NO4S/c1-4-21-15(19)9-22-13-8-14(18)17(16(13)20)12-7-5-6-10(2)11(12)3/h5-7,13H,4,8-9H2,1-3H3/t13-/m1/s1. The van der Waals surface area contributed by atoms with Crippen molar-refractivity contribution >= 4 is 35.2 Å². The third-order valence-electron chi connectivity index (χ3n) is 3.63. The van der Waals surface area contributed by atoms with Gasteiger partial charge in [-0.15, -0.1) is 11.8 Å². The topological polar surface area (TPSA) is 63.7 Å². The van der Waals surface area contributed by atoms with Crippen molar-refractivity contribution in [1.29, 1.82) is 0 Å². The van der Waals surface area contributed by atoms with E-state index in [-0.39, 0.29) is 30.0 Å². The third kappa shape index (κ3) is 3.32. The highest BCUT2D eigenvalue weighted by atomic mass is 32.2. The molecule has 0 N–H and O–H groups in total. The maximum absolute atomic E-state index is 12.5. The highest BCUT2D eigenvalue weighted by Crippen LogP contribution is 2.32. The van der Waals surface area contributed by atoms with Gasteiger partial charge in [-0.05, 0) is 38.0 Å². The molecule has 1 saturated heterocycles. The lowest BCUT2D eigenvalue weighted by Crippen LogP contribution is -2.32. The van der Waals surface area contributed by atoms with E-state index < -0.39 is 5.25 Å². The van der Waals surface area contributed by atoms with E-state index >= 15 is 0 Å². The summed E-state index contributed by atoms with van der Waals surface area (Å²) in [5, 5.41) is -0.517. The lowest BCUT2D eigenvalue weighted by Gasteiger charge is -2.18. The second kappa shape index (κ2) is 6.96. The van der Waals surface area contributed by atoms with Crippen molar-refractivity contribution < 1.29 is 19.1 Å². The fraction of sp³-hybridized carbons (Fsp3) is 0.438. The molecule has 0 saturated carbocycles. The Bertz CT molecular complexity index is 614. The molecule has 6 heteroatoms. The van der Waals surface area contributed by atoms with E-state index in [4.69, 9.17) is 4.74 Å². The smallest absolute Gasteiger partial charge is 0.315 e. The van der Waals surface area contributed by atoms with Crippen LogP contribution in [0, 0.1) is 13.8 Å². The molecular formula is C16H19NO4S. The van der Waals surface area contributed by atoms with Gasteiger partial charge >= 0.3 is 5.97 Å². The van der Waals surface area contributed by atoms with Gasteiger partial charge in [0.25, 0.3) is 0 Å². The molecule has 1 aliphatic rings. The summed E-state index contributed by atoms with van der Waals surface area (Å²) in [7, 11) is 0. The predicted octanol–water partition coefficient (Wildman–Crippen LogP) is 2.23. The van der Waals surface area contributed by atoms with Gasteiger partial charge in [0, 0.05) is 6.42 Å². The van der Waals surface area contributed by atoms with Crippen LogP contribution in [0.4, 0.5) is 5.69 Å². The van der Waals surface area contributed by atoms with Crippen molar-refractivity contribution in [2.75, 3.05) is 17.3 Å². The minimum absolute atomic E-state index is 0.0815. The Morgan fingerprint density at radius 1 is 1.36 bits per heavy atom. The summed E-state index contributed by atoms with van der Waals surface area (Å²) in [5.41, 5.74) is 2.58. The number of amides is 2. The summed E-state index contributed by atoms with van der Waals surface area (Å²) in [6.07, 6.45) is 0.121. The molecule has 0 radical (unpaired) electrons. The Morgan fingerprint density at radius 3 is 2.77 bits per heavy atom. The van der Waals surface area contributed by atoms with Crippen LogP contribution in [0.5, 0.6) is 0 Å². The third-order valence-corrected chi connectivity index (χ3v) is 4.80. The van der Waals surface area contributed by atoms with Crippen molar-refractivity contribution in [3.63, 3.8) is 0 Å². The van der Waals surface area contributed by atoms with Crippen LogP contribution < -0.4 is 4.90 Å². The second-order valence-electron chi connectivity index (χ2n) is 5.10. The Kier molecular flexibility index (Phi) is 5.24. The number of nitrogens with zero attached hydrogens (tertiary/aromatic N) is 1. The van der Waals surface area contributed by atoms with Crippen molar-refractivity contribution in [3.8, 4) is 0 Å². The zero-order chi connectivity index (χ0) is 16.3. The van der Waals surface area contributed by atoms with Gasteiger partial charge in [0.2, 0.25) is 11.8 Å². The molecule has 1 atom stereocenters. The lowest BCUT2D eigenvalue weighted by atomic mass is 10.1. The average molecular weight is 321 g/mol. The number of imide groups is 1. The summed E-state index contributed by atoms with van der Waals surface area (Å²) in [4.78, 5) is 37.3. The van der Waals surface area contributed by atoms with E-state index in [1.54, 1.807) is 13.0 Å². The number of esters is 1. The summed E-state index contributed by atoms with van der Waals surface area (Å²) in [6.45, 7) is 5.88. The highest BCUT2D eigenvalue weighted by molar-refractivity contribution is 8.01. The molecule has 1 aromatic rings. The molecule has 2 rings (SSSR count). The van der Waals surface area contributed by atoms with E-state index in [2.05, 4.69) is 0 Å². The molecule has 2 amide bonds. The van der Waals surface area contributed by atoms with Crippen molar-refractivity contribution in [3.05, 3.63) is 29.3 Å². The Labute approximate surface area is 134 Å². The highest BCUT2D eigenvalue weighted by Gasteiger charge is 2.40. The Balaban J connectivity index is 2.12. The largest absolute Gasteiger partial charge is 0.465 e. The maximum Gasteiger partial charge on any atom is 0.315 e. The first-order chi connectivity index (χ1) is 10.5. The number of hydrogen-bond acceptors (Lipinski definition) is 5. The van der Waals surface area contributed by atoms with Gasteiger partial charge in [0.1, 0.15) is 0 Å². The zero-order valence-electron chi connectivity index (χ0n) is 12.9. The van der Waals surface area contributed by atoms with E-state index in [1.807, 2.05) is 26.0 Å². The Hall–Kier alpha value is -1.82. The van der Waals surface area contributed by atoms with Gasteiger partial charge < -0.3 is 4.74 Å². The number of anilines is 1. The van der Waals surface area contributed by atoms with Crippen LogP contribution in [-0.4, -0.2) is 35.4 Å². The van der Waals surface area contributed by atoms with E-state index in [0.717, 1.165) is 11.1 Å². The number of aryl methyl sites for hydroxylation is 1. The number of benzene rings is 1. The molecule has 5 nitrogen and oxygen atoms in total. The van der Waals surface area contributed by atoms with Crippen LogP contribution >= 0.6 is 11.8 Å². The molecule has 1 aliphatic heterocycles. The van der Waals surface area contributed by atoms with E-state index in [9.17, 15) is 14.4 Å². The van der Waals surface area contributed by atoms with Gasteiger partial charge in [-0.1, -0.05) is 12.1 Å². The van der Waals surface area contributed by atoms with Crippen molar-refractivity contribution in [2.24, 2.45) is 0 Å². The fourth-order valence-corrected chi connectivity index (χ4v) is 3.27. The summed E-state index contributed by atoms with van der Waals surface area (Å²) >= 11 is 1.17. The molecule has 0 bridgehead atoms. The van der Waals surface area contributed by atoms with Gasteiger partial charge in [0.15, 0.2) is 0 Å². The van der Waals surface area contributed by atoms with Crippen LogP contribution in [-0.2, 0) is 19.1 Å². The van der Waals surface area contributed by atoms with Gasteiger partial charge in [-0.25, -0.2) is 4.90 Å². The van der Waals surface area contributed by atoms with Crippen molar-refractivity contribution in [2.45, 2.75) is 32.4 Å². The molecule has 1 fully saturated rings. The van der Waals surface area contributed by atoms with Gasteiger partial charge in [-0.3, -0.25) is 14.4 Å². The fourth-order valence-electron chi connectivity index (χ4n) is 2.34. The molecule has 0 aliphatic carbocycles. The molecule has 1 heterocycles. The second-order valence-corrected chi connectivity index (χ2v) is 6.29. The first kappa shape index (κ1) is 16.5. The summed E-state index contributed by atoms with van der Waals surface area (Å²) in [5.74, 6) is -0.760. The minimum Gasteiger partial charge on any atom is -0.465 e. The molecular weight excluding hydrogens is 302 g/mol. The predicted molar refractivity (Wildman–Crippen MR) is 85.9 cm³/mol. The Morgan fingerprint density at radius 2 is 2.09 bits per heavy atom. The maximum atomic E-state index is 12.5. The number of carbonyl (C=O) groups is 3. The number of ether oxygens (including phenoxy) is 1. The number of rotatable bonds is 5. The first-order valence-corrected chi connectivity index (χ1v) is 8.20. The van der Waals surface area contributed by atoms with E-state index in [0.29, 0.717) is 12.3 Å². The lowest BCUT2D eigenvalue weighted by molar-refractivity contribution is -0.139. The molecule has 0 unspecified atom stereocenters. The number of carbonyl (C=O) groups excluding carboxylic acids is 3. The van der Waals surface area contributed by atoms with Crippen LogP contribution in [0.2, 0.25) is 0 Å². The van der Waals surface area contributed by atoms with Crippen LogP contribution in [0.3, 0.4) is 0 Å². The van der Waals surface area contributed by atoms with Gasteiger partial charge in [-0.2, -0.15) is 0 Å². The SMILES string of the molecule is CCOC(=O)CS[C@@H]1CC(=O)N(c2cccc(C)c2C)C1=O. The molecule has 1 aromatic carbocycles. The molecule has 118 valence electrons. The molecule has 0 spiro atoms. The number of thioether (sulfide) groups is 1. The van der Waals surface area contributed by atoms with Crippen LogP contribution in [0.15, 0.2) is 18.2 Å². The number of hydrogen-bond donors (Lipinski definition) is 0. The zero-order valence-corrected chi connectivity index (χ0v) is 13.7. The minimum atomic E-state index is -0.517. The van der Waals surface area contributed by atoms with Crippen molar-refractivity contribution in [1.82, 2.24) is 0 Å².